The van der Waals surface area contributed by atoms with Crippen LogP contribution in [0.3, 0.4) is 0 Å². The molecule has 2 aromatic rings. The molecule has 4 rings (SSSR count). The first-order valence-corrected chi connectivity index (χ1v) is 10.9. The molecule has 1 unspecified atom stereocenters. The molecule has 2 aromatic heterocycles. The van der Waals surface area contributed by atoms with E-state index >= 15 is 0 Å². The average Bonchev–Trinajstić information content (AvgIpc) is 3.40. The highest BCUT2D eigenvalue weighted by atomic mass is 32.1. The third-order valence-electron chi connectivity index (χ3n) is 5.69. The number of nitrogens with one attached hydrogen (secondary N) is 1. The lowest BCUT2D eigenvalue weighted by Gasteiger charge is -2.24. The Balaban J connectivity index is 1.48. The summed E-state index contributed by atoms with van der Waals surface area (Å²) < 4.78 is 7.38. The van der Waals surface area contributed by atoms with Crippen molar-refractivity contribution in [1.82, 2.24) is 9.47 Å². The molecule has 0 spiro atoms. The number of rotatable bonds is 6. The summed E-state index contributed by atoms with van der Waals surface area (Å²) in [7, 11) is 2.05. The molecular formula is C21H27N3O3S. The van der Waals surface area contributed by atoms with Gasteiger partial charge in [0.15, 0.2) is 0 Å². The monoisotopic (exact) mass is 401 g/mol. The third kappa shape index (κ3) is 3.61. The van der Waals surface area contributed by atoms with Gasteiger partial charge >= 0.3 is 5.97 Å². The van der Waals surface area contributed by atoms with E-state index in [2.05, 4.69) is 20.9 Å². The maximum atomic E-state index is 12.8. The second kappa shape index (κ2) is 8.09. The molecule has 1 amide bonds. The number of nitrogens with zero attached hydrogens (tertiary/aromatic N) is 2. The Bertz CT molecular complexity index is 886. The van der Waals surface area contributed by atoms with Crippen LogP contribution in [0.2, 0.25) is 0 Å². The van der Waals surface area contributed by atoms with E-state index in [-0.39, 0.29) is 17.9 Å². The molecule has 0 saturated carbocycles. The van der Waals surface area contributed by atoms with Gasteiger partial charge in [-0.25, -0.2) is 4.79 Å². The van der Waals surface area contributed by atoms with Crippen molar-refractivity contribution < 1.29 is 14.3 Å². The maximum Gasteiger partial charge on any atom is 0.341 e. The topological polar surface area (TPSA) is 63.6 Å². The van der Waals surface area contributed by atoms with Gasteiger partial charge in [-0.2, -0.15) is 0 Å². The Labute approximate surface area is 169 Å². The molecule has 1 N–H and O–H groups in total. The van der Waals surface area contributed by atoms with Crippen LogP contribution in [0.25, 0.3) is 0 Å². The van der Waals surface area contributed by atoms with E-state index in [1.54, 1.807) is 6.92 Å². The minimum atomic E-state index is -0.319. The highest BCUT2D eigenvalue weighted by molar-refractivity contribution is 7.17. The number of carbonyl (C=O) groups excluding carboxylic acids is 2. The van der Waals surface area contributed by atoms with Crippen LogP contribution in [0.4, 0.5) is 5.00 Å². The van der Waals surface area contributed by atoms with Gasteiger partial charge in [0.2, 0.25) is 5.91 Å². The van der Waals surface area contributed by atoms with Crippen LogP contribution in [-0.4, -0.2) is 41.0 Å². The lowest BCUT2D eigenvalue weighted by Crippen LogP contribution is -2.33. The van der Waals surface area contributed by atoms with Crippen molar-refractivity contribution in [2.24, 2.45) is 7.05 Å². The number of aryl methyl sites for hydroxylation is 2. The molecule has 2 aliphatic rings. The van der Waals surface area contributed by atoms with E-state index in [1.165, 1.54) is 21.9 Å². The second-order valence-corrected chi connectivity index (χ2v) is 8.61. The summed E-state index contributed by atoms with van der Waals surface area (Å²) in [6.07, 6.45) is 7.12. The van der Waals surface area contributed by atoms with Gasteiger partial charge in [0.25, 0.3) is 0 Å². The Morgan fingerprint density at radius 1 is 1.32 bits per heavy atom. The van der Waals surface area contributed by atoms with Crippen molar-refractivity contribution in [3.8, 4) is 0 Å². The number of amides is 1. The fraction of sp³-hybridized carbons (Fsp3) is 0.524. The zero-order valence-electron chi connectivity index (χ0n) is 16.5. The molecule has 1 aliphatic heterocycles. The Morgan fingerprint density at radius 3 is 2.93 bits per heavy atom. The largest absolute Gasteiger partial charge is 0.462 e. The molecule has 0 radical (unpaired) electrons. The summed E-state index contributed by atoms with van der Waals surface area (Å²) in [4.78, 5) is 28.7. The summed E-state index contributed by atoms with van der Waals surface area (Å²) in [5, 5.41) is 3.67. The van der Waals surface area contributed by atoms with Crippen LogP contribution in [0.1, 0.15) is 58.7 Å². The van der Waals surface area contributed by atoms with Gasteiger partial charge in [0.1, 0.15) is 5.00 Å². The first-order valence-electron chi connectivity index (χ1n) is 10.0. The van der Waals surface area contributed by atoms with Crippen molar-refractivity contribution in [1.29, 1.82) is 0 Å². The van der Waals surface area contributed by atoms with Crippen LogP contribution < -0.4 is 5.32 Å². The van der Waals surface area contributed by atoms with Gasteiger partial charge in [0, 0.05) is 23.8 Å². The number of esters is 1. The molecule has 0 aromatic carbocycles. The summed E-state index contributed by atoms with van der Waals surface area (Å²) >= 11 is 1.53. The number of hydrogen-bond acceptors (Lipinski definition) is 5. The molecule has 0 bridgehead atoms. The van der Waals surface area contributed by atoms with Gasteiger partial charge in [-0.15, -0.1) is 11.3 Å². The molecule has 7 heteroatoms. The van der Waals surface area contributed by atoms with Crippen LogP contribution in [0.15, 0.2) is 18.3 Å². The van der Waals surface area contributed by atoms with Gasteiger partial charge < -0.3 is 14.6 Å². The number of likely N-dealkylation sites (tertiary alicyclic amines) is 1. The highest BCUT2D eigenvalue weighted by Gasteiger charge is 2.31. The van der Waals surface area contributed by atoms with Gasteiger partial charge in [-0.3, -0.25) is 9.69 Å². The number of carbonyl (C=O) groups is 2. The normalized spacial score (nSPS) is 19.0. The lowest BCUT2D eigenvalue weighted by atomic mass is 10.1. The SMILES string of the molecule is CCOC(=O)c1c(NC(=O)CN2CCCC2c2cccn2C)sc2c1CCC2. The summed E-state index contributed by atoms with van der Waals surface area (Å²) in [6.45, 7) is 3.39. The van der Waals surface area contributed by atoms with Crippen molar-refractivity contribution in [2.45, 2.75) is 45.1 Å². The Morgan fingerprint density at radius 2 is 2.18 bits per heavy atom. The molecule has 28 heavy (non-hydrogen) atoms. The molecule has 6 nitrogen and oxygen atoms in total. The van der Waals surface area contributed by atoms with Crippen molar-refractivity contribution in [3.63, 3.8) is 0 Å². The Hall–Kier alpha value is -2.12. The average molecular weight is 402 g/mol. The van der Waals surface area contributed by atoms with Crippen LogP contribution in [0, 0.1) is 0 Å². The zero-order chi connectivity index (χ0) is 19.7. The number of anilines is 1. The lowest BCUT2D eigenvalue weighted by molar-refractivity contribution is -0.117. The van der Waals surface area contributed by atoms with Crippen molar-refractivity contribution >= 4 is 28.2 Å². The number of thiophene rings is 1. The molecule has 1 atom stereocenters. The minimum absolute atomic E-state index is 0.0634. The summed E-state index contributed by atoms with van der Waals surface area (Å²) in [5.41, 5.74) is 2.89. The Kier molecular flexibility index (Phi) is 5.55. The number of fused-ring (bicyclic) bond motifs is 1. The van der Waals surface area contributed by atoms with E-state index in [1.807, 2.05) is 19.3 Å². The minimum Gasteiger partial charge on any atom is -0.462 e. The van der Waals surface area contributed by atoms with E-state index < -0.39 is 0 Å². The fourth-order valence-corrected chi connectivity index (χ4v) is 5.73. The first kappa shape index (κ1) is 19.2. The maximum absolute atomic E-state index is 12.8. The molecular weight excluding hydrogens is 374 g/mol. The predicted octanol–water partition coefficient (Wildman–Crippen LogP) is 3.53. The van der Waals surface area contributed by atoms with Crippen LogP contribution >= 0.6 is 11.3 Å². The summed E-state index contributed by atoms with van der Waals surface area (Å²) in [5.74, 6) is -0.383. The molecule has 3 heterocycles. The number of aromatic nitrogens is 1. The fourth-order valence-electron chi connectivity index (χ4n) is 4.43. The predicted molar refractivity (Wildman–Crippen MR) is 110 cm³/mol. The van der Waals surface area contributed by atoms with Crippen LogP contribution in [0.5, 0.6) is 0 Å². The molecule has 1 aliphatic carbocycles. The van der Waals surface area contributed by atoms with Crippen molar-refractivity contribution in [2.75, 3.05) is 25.0 Å². The standard InChI is InChI=1S/C21H27N3O3S/c1-3-27-21(26)19-14-7-4-10-17(14)28-20(19)22-18(25)13-24-12-6-9-16(24)15-8-5-11-23(15)2/h5,8,11,16H,3-4,6-7,9-10,12-13H2,1-2H3,(H,22,25). The first-order chi connectivity index (χ1) is 13.6. The number of ether oxygens (including phenoxy) is 1. The quantitative estimate of drug-likeness (QED) is 0.752. The highest BCUT2D eigenvalue weighted by Crippen LogP contribution is 2.39. The van der Waals surface area contributed by atoms with Gasteiger partial charge in [-0.05, 0) is 63.3 Å². The second-order valence-electron chi connectivity index (χ2n) is 7.50. The van der Waals surface area contributed by atoms with E-state index in [0.717, 1.165) is 44.2 Å². The smallest absolute Gasteiger partial charge is 0.341 e. The van der Waals surface area contributed by atoms with Crippen molar-refractivity contribution in [3.05, 3.63) is 40.0 Å². The zero-order valence-corrected chi connectivity index (χ0v) is 17.3. The van der Waals surface area contributed by atoms with Gasteiger partial charge in [0.05, 0.1) is 24.8 Å². The molecule has 1 saturated heterocycles. The van der Waals surface area contributed by atoms with Crippen LogP contribution in [-0.2, 0) is 29.4 Å². The van der Waals surface area contributed by atoms with E-state index in [4.69, 9.17) is 4.74 Å². The summed E-state index contributed by atoms with van der Waals surface area (Å²) in [6, 6.07) is 4.44. The van der Waals surface area contributed by atoms with Gasteiger partial charge in [-0.1, -0.05) is 0 Å². The van der Waals surface area contributed by atoms with E-state index in [0.29, 0.717) is 23.7 Å². The third-order valence-corrected chi connectivity index (χ3v) is 6.90. The number of hydrogen-bond donors (Lipinski definition) is 1. The molecule has 150 valence electrons. The molecule has 1 fully saturated rings. The van der Waals surface area contributed by atoms with E-state index in [9.17, 15) is 9.59 Å².